The van der Waals surface area contributed by atoms with Gasteiger partial charge in [-0.2, -0.15) is 0 Å². The van der Waals surface area contributed by atoms with Crippen molar-refractivity contribution < 1.29 is 24.1 Å². The number of rotatable bonds is 2. The highest BCUT2D eigenvalue weighted by Crippen LogP contribution is 2.15. The van der Waals surface area contributed by atoms with Crippen molar-refractivity contribution in [2.24, 2.45) is 5.92 Å². The molecule has 6 nitrogen and oxygen atoms in total. The van der Waals surface area contributed by atoms with Gasteiger partial charge in [0.05, 0.1) is 19.1 Å². The van der Waals surface area contributed by atoms with Crippen molar-refractivity contribution in [2.75, 3.05) is 33.4 Å². The van der Waals surface area contributed by atoms with Gasteiger partial charge in [-0.1, -0.05) is 0 Å². The van der Waals surface area contributed by atoms with Crippen LogP contribution in [0.2, 0.25) is 0 Å². The smallest absolute Gasteiger partial charge is 0.410 e. The lowest BCUT2D eigenvalue weighted by molar-refractivity contribution is -0.126. The normalized spacial score (nSPS) is 23.4. The van der Waals surface area contributed by atoms with Crippen molar-refractivity contribution in [3.05, 3.63) is 0 Å². The number of amides is 1. The molecule has 0 spiro atoms. The van der Waals surface area contributed by atoms with Gasteiger partial charge in [0.1, 0.15) is 5.60 Å². The number of hydrogen-bond acceptors (Lipinski definition) is 5. The van der Waals surface area contributed by atoms with Crippen LogP contribution in [0, 0.1) is 5.92 Å². The molecule has 106 valence electrons. The Hall–Kier alpha value is -0.850. The van der Waals surface area contributed by atoms with Crippen molar-refractivity contribution in [1.29, 1.82) is 0 Å². The summed E-state index contributed by atoms with van der Waals surface area (Å²) in [4.78, 5) is 13.5. The standard InChI is InChI=1S/C12H23NO5/c1-12(2,3)18-11(15)13-5-6-17-8-9(7-13)10(14)16-4/h9-10,14H,5-8H2,1-4H3. The molecule has 2 atom stereocenters. The monoisotopic (exact) mass is 261 g/mol. The molecule has 2 unspecified atom stereocenters. The maximum Gasteiger partial charge on any atom is 0.410 e. The largest absolute Gasteiger partial charge is 0.444 e. The fraction of sp³-hybridized carbons (Fsp3) is 0.917. The summed E-state index contributed by atoms with van der Waals surface area (Å²) in [5.74, 6) is -0.259. The van der Waals surface area contributed by atoms with E-state index < -0.39 is 11.9 Å². The van der Waals surface area contributed by atoms with Crippen molar-refractivity contribution in [3.8, 4) is 0 Å². The van der Waals surface area contributed by atoms with E-state index in [9.17, 15) is 9.90 Å². The molecular weight excluding hydrogens is 238 g/mol. The molecule has 1 heterocycles. The molecule has 0 aliphatic carbocycles. The lowest BCUT2D eigenvalue weighted by Crippen LogP contribution is -2.42. The van der Waals surface area contributed by atoms with E-state index in [1.54, 1.807) is 4.90 Å². The average molecular weight is 261 g/mol. The summed E-state index contributed by atoms with van der Waals surface area (Å²) in [6.07, 6.45) is -1.32. The van der Waals surface area contributed by atoms with Gasteiger partial charge < -0.3 is 24.2 Å². The van der Waals surface area contributed by atoms with Crippen LogP contribution in [0.5, 0.6) is 0 Å². The van der Waals surface area contributed by atoms with Gasteiger partial charge in [-0.05, 0) is 20.8 Å². The molecule has 0 radical (unpaired) electrons. The van der Waals surface area contributed by atoms with Gasteiger partial charge in [-0.15, -0.1) is 0 Å². The van der Waals surface area contributed by atoms with Gasteiger partial charge >= 0.3 is 6.09 Å². The number of carbonyl (C=O) groups is 1. The first-order valence-corrected chi connectivity index (χ1v) is 6.10. The Bertz CT molecular complexity index is 276. The van der Waals surface area contributed by atoms with Gasteiger partial charge in [-0.3, -0.25) is 0 Å². The molecule has 0 aromatic rings. The van der Waals surface area contributed by atoms with Crippen molar-refractivity contribution in [1.82, 2.24) is 4.90 Å². The summed E-state index contributed by atoms with van der Waals surface area (Å²) in [5.41, 5.74) is -0.528. The third kappa shape index (κ3) is 4.80. The molecule has 0 aromatic carbocycles. The Kier molecular flexibility index (Phi) is 5.37. The first-order chi connectivity index (χ1) is 8.33. The molecule has 0 saturated carbocycles. The van der Waals surface area contributed by atoms with Crippen LogP contribution in [0.3, 0.4) is 0 Å². The topological polar surface area (TPSA) is 68.2 Å². The summed E-state index contributed by atoms with van der Waals surface area (Å²) in [6.45, 7) is 7.09. The predicted octanol–water partition coefficient (Wildman–Crippen LogP) is 0.835. The second kappa shape index (κ2) is 6.36. The molecule has 1 fully saturated rings. The number of nitrogens with zero attached hydrogens (tertiary/aromatic N) is 1. The zero-order chi connectivity index (χ0) is 13.8. The lowest BCUT2D eigenvalue weighted by Gasteiger charge is -2.28. The van der Waals surface area contributed by atoms with E-state index in [2.05, 4.69) is 0 Å². The number of aliphatic hydroxyl groups is 1. The van der Waals surface area contributed by atoms with Crippen LogP contribution >= 0.6 is 0 Å². The lowest BCUT2D eigenvalue weighted by atomic mass is 10.1. The zero-order valence-electron chi connectivity index (χ0n) is 11.5. The van der Waals surface area contributed by atoms with Crippen LogP contribution in [0.1, 0.15) is 20.8 Å². The Morgan fingerprint density at radius 3 is 2.72 bits per heavy atom. The summed E-state index contributed by atoms with van der Waals surface area (Å²) in [6, 6.07) is 0. The Morgan fingerprint density at radius 1 is 1.50 bits per heavy atom. The number of ether oxygens (including phenoxy) is 3. The SMILES string of the molecule is COC(O)C1COCCN(C(=O)OC(C)(C)C)C1. The fourth-order valence-electron chi connectivity index (χ4n) is 1.69. The predicted molar refractivity (Wildman–Crippen MR) is 65.1 cm³/mol. The Labute approximate surface area is 108 Å². The molecule has 1 saturated heterocycles. The van der Waals surface area contributed by atoms with Crippen LogP contribution in [0.15, 0.2) is 0 Å². The third-order valence-electron chi connectivity index (χ3n) is 2.59. The second-order valence-corrected chi connectivity index (χ2v) is 5.39. The number of carbonyl (C=O) groups excluding carboxylic acids is 1. The third-order valence-corrected chi connectivity index (χ3v) is 2.59. The maximum absolute atomic E-state index is 11.9. The van der Waals surface area contributed by atoms with Gasteiger partial charge in [0.25, 0.3) is 0 Å². The number of hydrogen-bond donors (Lipinski definition) is 1. The molecular formula is C12H23NO5. The van der Waals surface area contributed by atoms with Crippen LogP contribution in [0.4, 0.5) is 4.79 Å². The summed E-state index contributed by atoms with van der Waals surface area (Å²) in [5, 5.41) is 9.66. The van der Waals surface area contributed by atoms with Crippen LogP contribution in [-0.2, 0) is 14.2 Å². The van der Waals surface area contributed by atoms with Crippen LogP contribution in [0.25, 0.3) is 0 Å². The van der Waals surface area contributed by atoms with Gasteiger partial charge in [0.2, 0.25) is 0 Å². The number of methoxy groups -OCH3 is 1. The molecule has 1 amide bonds. The van der Waals surface area contributed by atoms with E-state index in [0.717, 1.165) is 0 Å². The molecule has 1 N–H and O–H groups in total. The van der Waals surface area contributed by atoms with Gasteiger partial charge in [-0.25, -0.2) is 4.79 Å². The second-order valence-electron chi connectivity index (χ2n) is 5.39. The quantitative estimate of drug-likeness (QED) is 0.746. The van der Waals surface area contributed by atoms with E-state index in [1.807, 2.05) is 20.8 Å². The highest BCUT2D eigenvalue weighted by atomic mass is 16.6. The fourth-order valence-corrected chi connectivity index (χ4v) is 1.69. The first-order valence-electron chi connectivity index (χ1n) is 6.10. The molecule has 1 rings (SSSR count). The summed E-state index contributed by atoms with van der Waals surface area (Å²) >= 11 is 0. The first kappa shape index (κ1) is 15.2. The van der Waals surface area contributed by atoms with E-state index in [-0.39, 0.29) is 12.0 Å². The molecule has 18 heavy (non-hydrogen) atoms. The highest BCUT2D eigenvalue weighted by Gasteiger charge is 2.30. The van der Waals surface area contributed by atoms with E-state index in [4.69, 9.17) is 14.2 Å². The van der Waals surface area contributed by atoms with Crippen molar-refractivity contribution in [2.45, 2.75) is 32.7 Å². The summed E-state index contributed by atoms with van der Waals surface area (Å²) in [7, 11) is 1.42. The van der Waals surface area contributed by atoms with Gasteiger partial charge in [0.15, 0.2) is 6.29 Å². The van der Waals surface area contributed by atoms with Crippen molar-refractivity contribution in [3.63, 3.8) is 0 Å². The molecule has 6 heteroatoms. The minimum absolute atomic E-state index is 0.259. The van der Waals surface area contributed by atoms with Crippen molar-refractivity contribution >= 4 is 6.09 Å². The molecule has 1 aliphatic heterocycles. The summed E-state index contributed by atoms with van der Waals surface area (Å²) < 4.78 is 15.5. The minimum Gasteiger partial charge on any atom is -0.444 e. The van der Waals surface area contributed by atoms with Crippen LogP contribution < -0.4 is 0 Å². The van der Waals surface area contributed by atoms with E-state index in [0.29, 0.717) is 26.3 Å². The zero-order valence-corrected chi connectivity index (χ0v) is 11.5. The molecule has 1 aliphatic rings. The highest BCUT2D eigenvalue weighted by molar-refractivity contribution is 5.68. The molecule has 0 aromatic heterocycles. The Morgan fingerprint density at radius 2 is 2.17 bits per heavy atom. The maximum atomic E-state index is 11.9. The molecule has 0 bridgehead atoms. The van der Waals surface area contributed by atoms with Crippen LogP contribution in [-0.4, -0.2) is 61.4 Å². The number of aliphatic hydroxyl groups excluding tert-OH is 1. The van der Waals surface area contributed by atoms with Gasteiger partial charge in [0, 0.05) is 20.2 Å². The minimum atomic E-state index is -0.937. The Balaban J connectivity index is 2.61. The van der Waals surface area contributed by atoms with E-state index in [1.165, 1.54) is 7.11 Å². The average Bonchev–Trinajstić information content (AvgIpc) is 2.51. The van der Waals surface area contributed by atoms with E-state index >= 15 is 0 Å².